The highest BCUT2D eigenvalue weighted by Crippen LogP contribution is 2.31. The first kappa shape index (κ1) is 10.4. The summed E-state index contributed by atoms with van der Waals surface area (Å²) in [7, 11) is 0. The molecule has 1 saturated carbocycles. The fourth-order valence-corrected chi connectivity index (χ4v) is 1.59. The van der Waals surface area contributed by atoms with Crippen LogP contribution in [0, 0.1) is 16.0 Å². The number of anilines is 1. The smallest absolute Gasteiger partial charge is 0.312 e. The molecule has 15 heavy (non-hydrogen) atoms. The summed E-state index contributed by atoms with van der Waals surface area (Å²) in [5.74, 6) is 1.02. The Labute approximate surface area is 95.2 Å². The Balaban J connectivity index is 2.15. The zero-order chi connectivity index (χ0) is 10.8. The van der Waals surface area contributed by atoms with Crippen molar-refractivity contribution >= 4 is 27.4 Å². The number of rotatable bonds is 4. The van der Waals surface area contributed by atoms with Crippen molar-refractivity contribution in [1.82, 2.24) is 4.98 Å². The maximum absolute atomic E-state index is 10.7. The van der Waals surface area contributed by atoms with E-state index in [9.17, 15) is 10.1 Å². The van der Waals surface area contributed by atoms with E-state index in [0.29, 0.717) is 16.2 Å². The Bertz CT molecular complexity index is 393. The molecule has 1 heterocycles. The normalized spacial score (nSPS) is 15.0. The molecule has 80 valence electrons. The quantitative estimate of drug-likeness (QED) is 0.675. The molecule has 1 aromatic heterocycles. The van der Waals surface area contributed by atoms with Gasteiger partial charge >= 0.3 is 5.69 Å². The van der Waals surface area contributed by atoms with Crippen LogP contribution in [0.1, 0.15) is 12.8 Å². The highest BCUT2D eigenvalue weighted by molar-refractivity contribution is 9.10. The Morgan fingerprint density at radius 3 is 3.00 bits per heavy atom. The van der Waals surface area contributed by atoms with Crippen LogP contribution in [-0.2, 0) is 0 Å². The lowest BCUT2D eigenvalue weighted by atomic mass is 10.3. The Morgan fingerprint density at radius 2 is 2.40 bits per heavy atom. The molecule has 0 atom stereocenters. The van der Waals surface area contributed by atoms with Crippen LogP contribution in [0.2, 0.25) is 0 Å². The molecular formula is C9H10BrN3O2. The summed E-state index contributed by atoms with van der Waals surface area (Å²) in [5, 5.41) is 13.7. The van der Waals surface area contributed by atoms with Crippen LogP contribution in [0.3, 0.4) is 0 Å². The zero-order valence-electron chi connectivity index (χ0n) is 7.94. The minimum absolute atomic E-state index is 0.0185. The van der Waals surface area contributed by atoms with Crippen LogP contribution < -0.4 is 5.32 Å². The number of hydrogen-bond acceptors (Lipinski definition) is 4. The van der Waals surface area contributed by atoms with Crippen molar-refractivity contribution in [3.63, 3.8) is 0 Å². The summed E-state index contributed by atoms with van der Waals surface area (Å²) in [6.45, 7) is 0.773. The number of hydrogen-bond donors (Lipinski definition) is 1. The van der Waals surface area contributed by atoms with Crippen molar-refractivity contribution in [2.24, 2.45) is 5.92 Å². The standard InChI is InChI=1S/C9H10BrN3O2/c10-7-3-8(13(14)15)9(12-5-7)11-4-6-1-2-6/h3,5-6H,1-2,4H2,(H,11,12). The van der Waals surface area contributed by atoms with Crippen LogP contribution in [0.4, 0.5) is 11.5 Å². The van der Waals surface area contributed by atoms with Gasteiger partial charge < -0.3 is 5.32 Å². The largest absolute Gasteiger partial charge is 0.364 e. The van der Waals surface area contributed by atoms with Gasteiger partial charge in [0.1, 0.15) is 0 Å². The molecule has 1 N–H and O–H groups in total. The molecule has 5 nitrogen and oxygen atoms in total. The molecule has 1 aliphatic carbocycles. The van der Waals surface area contributed by atoms with E-state index in [1.54, 1.807) is 6.20 Å². The van der Waals surface area contributed by atoms with Crippen LogP contribution in [0.15, 0.2) is 16.7 Å². The predicted octanol–water partition coefficient (Wildman–Crippen LogP) is 2.57. The minimum atomic E-state index is -0.424. The van der Waals surface area contributed by atoms with Crippen LogP contribution >= 0.6 is 15.9 Å². The first-order valence-corrected chi connectivity index (χ1v) is 5.50. The second-order valence-corrected chi connectivity index (χ2v) is 4.52. The molecule has 0 bridgehead atoms. The monoisotopic (exact) mass is 271 g/mol. The van der Waals surface area contributed by atoms with E-state index in [4.69, 9.17) is 0 Å². The van der Waals surface area contributed by atoms with Gasteiger partial charge in [0.25, 0.3) is 0 Å². The van der Waals surface area contributed by atoms with Gasteiger partial charge in [-0.3, -0.25) is 10.1 Å². The molecule has 2 rings (SSSR count). The molecular weight excluding hydrogens is 262 g/mol. The number of pyridine rings is 1. The Morgan fingerprint density at radius 1 is 1.67 bits per heavy atom. The third-order valence-electron chi connectivity index (χ3n) is 2.29. The number of aromatic nitrogens is 1. The van der Waals surface area contributed by atoms with Crippen LogP contribution in [0.5, 0.6) is 0 Å². The number of halogens is 1. The van der Waals surface area contributed by atoms with Gasteiger partial charge in [-0.25, -0.2) is 4.98 Å². The maximum Gasteiger partial charge on any atom is 0.312 e. The second kappa shape index (κ2) is 4.14. The first-order valence-electron chi connectivity index (χ1n) is 4.70. The van der Waals surface area contributed by atoms with Gasteiger partial charge in [-0.2, -0.15) is 0 Å². The zero-order valence-corrected chi connectivity index (χ0v) is 9.53. The molecule has 0 unspecified atom stereocenters. The maximum atomic E-state index is 10.7. The number of nitrogens with one attached hydrogen (secondary N) is 1. The van der Waals surface area contributed by atoms with E-state index in [-0.39, 0.29) is 5.69 Å². The van der Waals surface area contributed by atoms with Crippen LogP contribution in [0.25, 0.3) is 0 Å². The predicted molar refractivity (Wildman–Crippen MR) is 59.8 cm³/mol. The molecule has 0 radical (unpaired) electrons. The van der Waals surface area contributed by atoms with Gasteiger partial charge in [0, 0.05) is 23.3 Å². The first-order chi connectivity index (χ1) is 7.16. The van der Waals surface area contributed by atoms with Crippen molar-refractivity contribution in [2.75, 3.05) is 11.9 Å². The van der Waals surface area contributed by atoms with Crippen molar-refractivity contribution in [2.45, 2.75) is 12.8 Å². The third-order valence-corrected chi connectivity index (χ3v) is 2.72. The van der Waals surface area contributed by atoms with Gasteiger partial charge in [-0.1, -0.05) is 0 Å². The topological polar surface area (TPSA) is 68.1 Å². The third kappa shape index (κ3) is 2.65. The fourth-order valence-electron chi connectivity index (χ4n) is 1.27. The number of nitro groups is 1. The van der Waals surface area contributed by atoms with E-state index in [1.807, 2.05) is 0 Å². The van der Waals surface area contributed by atoms with Crippen LogP contribution in [-0.4, -0.2) is 16.5 Å². The van der Waals surface area contributed by atoms with E-state index >= 15 is 0 Å². The molecule has 1 fully saturated rings. The van der Waals surface area contributed by atoms with Gasteiger partial charge in [0.2, 0.25) is 5.82 Å². The van der Waals surface area contributed by atoms with Crippen molar-refractivity contribution in [1.29, 1.82) is 0 Å². The van der Waals surface area contributed by atoms with Gasteiger partial charge in [0.15, 0.2) is 0 Å². The summed E-state index contributed by atoms with van der Waals surface area (Å²) in [5.41, 5.74) is 0.0185. The average molecular weight is 272 g/mol. The second-order valence-electron chi connectivity index (χ2n) is 3.60. The lowest BCUT2D eigenvalue weighted by molar-refractivity contribution is -0.384. The van der Waals surface area contributed by atoms with Crippen molar-refractivity contribution < 1.29 is 4.92 Å². The van der Waals surface area contributed by atoms with E-state index in [0.717, 1.165) is 6.54 Å². The van der Waals surface area contributed by atoms with E-state index in [2.05, 4.69) is 26.2 Å². The van der Waals surface area contributed by atoms with Crippen molar-refractivity contribution in [3.8, 4) is 0 Å². The van der Waals surface area contributed by atoms with Crippen molar-refractivity contribution in [3.05, 3.63) is 26.9 Å². The molecule has 0 spiro atoms. The molecule has 0 aromatic carbocycles. The highest BCUT2D eigenvalue weighted by Gasteiger charge is 2.23. The molecule has 0 amide bonds. The highest BCUT2D eigenvalue weighted by atomic mass is 79.9. The molecule has 1 aliphatic rings. The van der Waals surface area contributed by atoms with Gasteiger partial charge in [-0.15, -0.1) is 0 Å². The Kier molecular flexibility index (Phi) is 2.86. The lowest BCUT2D eigenvalue weighted by Crippen LogP contribution is -2.07. The summed E-state index contributed by atoms with van der Waals surface area (Å²) in [4.78, 5) is 14.3. The molecule has 6 heteroatoms. The molecule has 0 aliphatic heterocycles. The minimum Gasteiger partial charge on any atom is -0.364 e. The SMILES string of the molecule is O=[N+]([O-])c1cc(Br)cnc1NCC1CC1. The summed E-state index contributed by atoms with van der Waals surface area (Å²) >= 11 is 3.16. The molecule has 0 saturated heterocycles. The fraction of sp³-hybridized carbons (Fsp3) is 0.444. The summed E-state index contributed by atoms with van der Waals surface area (Å²) in [6.07, 6.45) is 3.97. The summed E-state index contributed by atoms with van der Waals surface area (Å²) in [6, 6.07) is 1.46. The van der Waals surface area contributed by atoms with E-state index in [1.165, 1.54) is 18.9 Å². The lowest BCUT2D eigenvalue weighted by Gasteiger charge is -2.04. The van der Waals surface area contributed by atoms with Gasteiger partial charge in [-0.05, 0) is 34.7 Å². The average Bonchev–Trinajstić information content (AvgIpc) is 2.99. The Hall–Kier alpha value is -1.17. The summed E-state index contributed by atoms with van der Waals surface area (Å²) < 4.78 is 0.617. The molecule has 1 aromatic rings. The number of nitrogens with zero attached hydrogens (tertiary/aromatic N) is 2. The van der Waals surface area contributed by atoms with E-state index < -0.39 is 4.92 Å². The van der Waals surface area contributed by atoms with Gasteiger partial charge in [0.05, 0.1) is 4.92 Å².